The molecule has 0 amide bonds. The summed E-state index contributed by atoms with van der Waals surface area (Å²) >= 11 is 0. The van der Waals surface area contributed by atoms with Gasteiger partial charge in [-0.05, 0) is 92.0 Å². The van der Waals surface area contributed by atoms with E-state index < -0.39 is 5.41 Å². The Morgan fingerprint density at radius 1 is 0.297 bits per heavy atom. The van der Waals surface area contributed by atoms with Gasteiger partial charge in [-0.15, -0.1) is 0 Å². The molecule has 3 heteroatoms. The fourth-order valence-electron chi connectivity index (χ4n) is 12.0. The fraction of sp³-hybridized carbons (Fsp3) is 0.115. The Hall–Kier alpha value is -7.62. The number of benzene rings is 9. The summed E-state index contributed by atoms with van der Waals surface area (Å²) < 4.78 is 7.84. The highest BCUT2D eigenvalue weighted by Crippen LogP contribution is 2.61. The lowest BCUT2D eigenvalue weighted by Crippen LogP contribution is -2.32. The van der Waals surface area contributed by atoms with E-state index in [4.69, 9.17) is 4.42 Å². The van der Waals surface area contributed by atoms with Gasteiger partial charge in [0, 0.05) is 21.6 Å². The summed E-state index contributed by atoms with van der Waals surface area (Å²) in [5.74, 6) is 0. The van der Waals surface area contributed by atoms with Crippen molar-refractivity contribution >= 4 is 56.1 Å². The lowest BCUT2D eigenvalue weighted by molar-refractivity contribution is 0.629. The van der Waals surface area contributed by atoms with Crippen LogP contribution in [0.25, 0.3) is 33.1 Å². The lowest BCUT2D eigenvalue weighted by atomic mass is 9.63. The molecule has 0 saturated heterocycles. The van der Waals surface area contributed by atoms with Crippen LogP contribution in [0.2, 0.25) is 0 Å². The molecular formula is C61H46N2O. The van der Waals surface area contributed by atoms with Crippen LogP contribution in [-0.4, -0.2) is 0 Å². The molecule has 10 aromatic rings. The molecule has 306 valence electrons. The van der Waals surface area contributed by atoms with E-state index in [-0.39, 0.29) is 10.8 Å². The van der Waals surface area contributed by atoms with Crippen LogP contribution >= 0.6 is 0 Å². The summed E-state index contributed by atoms with van der Waals surface area (Å²) in [5.41, 5.74) is 19.7. The van der Waals surface area contributed by atoms with Crippen LogP contribution in [0.3, 0.4) is 0 Å². The minimum Gasteiger partial charge on any atom is -0.452 e. The van der Waals surface area contributed by atoms with Crippen molar-refractivity contribution < 1.29 is 4.42 Å². The molecule has 1 aromatic heterocycles. The zero-order valence-electron chi connectivity index (χ0n) is 36.4. The number of fused-ring (bicyclic) bond motifs is 6. The number of rotatable bonds is 4. The van der Waals surface area contributed by atoms with Crippen LogP contribution in [0.15, 0.2) is 211 Å². The molecule has 3 aliphatic rings. The zero-order chi connectivity index (χ0) is 43.0. The van der Waals surface area contributed by atoms with Gasteiger partial charge in [0.05, 0.1) is 39.5 Å². The van der Waals surface area contributed by atoms with Crippen molar-refractivity contribution in [2.75, 3.05) is 9.80 Å². The second-order valence-electron chi connectivity index (χ2n) is 18.8. The number of nitrogens with zero attached hydrogens (tertiary/aromatic N) is 2. The monoisotopic (exact) mass is 822 g/mol. The average molecular weight is 823 g/mol. The van der Waals surface area contributed by atoms with E-state index >= 15 is 0 Å². The summed E-state index contributed by atoms with van der Waals surface area (Å²) in [4.78, 5) is 4.93. The van der Waals surface area contributed by atoms with Crippen molar-refractivity contribution in [3.05, 3.63) is 251 Å². The van der Waals surface area contributed by atoms with E-state index in [1.807, 2.05) is 0 Å². The van der Waals surface area contributed by atoms with Crippen molar-refractivity contribution in [3.63, 3.8) is 0 Å². The molecule has 1 aliphatic carbocycles. The first-order chi connectivity index (χ1) is 31.3. The highest BCUT2D eigenvalue weighted by Gasteiger charge is 2.46. The molecule has 0 radical (unpaired) electrons. The minimum atomic E-state index is -0.695. The highest BCUT2D eigenvalue weighted by atomic mass is 16.3. The van der Waals surface area contributed by atoms with Crippen LogP contribution in [0.1, 0.15) is 72.2 Å². The number of hydrogen-bond acceptors (Lipinski definition) is 3. The van der Waals surface area contributed by atoms with Crippen molar-refractivity contribution in [3.8, 4) is 11.1 Å². The Morgan fingerprint density at radius 3 is 1.14 bits per heavy atom. The van der Waals surface area contributed by atoms with Gasteiger partial charge in [-0.25, -0.2) is 0 Å². The molecule has 3 heterocycles. The van der Waals surface area contributed by atoms with Gasteiger partial charge >= 0.3 is 0 Å². The predicted octanol–water partition coefficient (Wildman–Crippen LogP) is 16.2. The first-order valence-electron chi connectivity index (χ1n) is 22.5. The number of para-hydroxylation sites is 4. The Bertz CT molecular complexity index is 3380. The SMILES string of the molecule is CC1(C)c2ccccc2N(c2ccc3c4c2oc2c(N5c6ccccc6C(C)(C)c6ccccc65)ccc(c24)C(c2ccccc2)(c2ccccc2)c2ccccc2-3)c2ccccc21. The van der Waals surface area contributed by atoms with Gasteiger partial charge in [0.1, 0.15) is 0 Å². The third kappa shape index (κ3) is 4.71. The van der Waals surface area contributed by atoms with Crippen molar-refractivity contribution in [2.45, 2.75) is 43.9 Å². The van der Waals surface area contributed by atoms with Crippen LogP contribution in [0.4, 0.5) is 34.1 Å². The third-order valence-electron chi connectivity index (χ3n) is 14.9. The first-order valence-corrected chi connectivity index (χ1v) is 22.5. The largest absolute Gasteiger partial charge is 0.452 e. The molecular weight excluding hydrogens is 777 g/mol. The smallest absolute Gasteiger partial charge is 0.160 e. The lowest BCUT2D eigenvalue weighted by Gasteiger charge is -2.42. The number of anilines is 6. The molecule has 0 spiro atoms. The molecule has 3 nitrogen and oxygen atoms in total. The van der Waals surface area contributed by atoms with Gasteiger partial charge in [0.2, 0.25) is 0 Å². The maximum atomic E-state index is 7.84. The van der Waals surface area contributed by atoms with Crippen molar-refractivity contribution in [1.29, 1.82) is 0 Å². The molecule has 64 heavy (non-hydrogen) atoms. The van der Waals surface area contributed by atoms with Gasteiger partial charge in [-0.1, -0.05) is 198 Å². The molecule has 13 rings (SSSR count). The molecule has 0 unspecified atom stereocenters. The van der Waals surface area contributed by atoms with E-state index in [0.717, 1.165) is 44.7 Å². The van der Waals surface area contributed by atoms with E-state index in [1.165, 1.54) is 67.0 Å². The summed E-state index contributed by atoms with van der Waals surface area (Å²) in [6.45, 7) is 9.40. The van der Waals surface area contributed by atoms with Crippen LogP contribution in [-0.2, 0) is 16.2 Å². The molecule has 0 fully saturated rings. The first kappa shape index (κ1) is 37.0. The standard InChI is InChI=1S/C61H46N2O/c1-59(2)44-27-13-17-31-49(44)62(50-32-18-14-28-45(50)59)53-37-35-42-41-25-11-12-26-43(41)61(39-21-7-5-8-22-39,40-23-9-6-10-24-40)48-36-38-54(58-56(48)55(42)57(53)64-58)63-51-33-19-15-29-46(51)60(3,4)47-30-16-20-34-52(47)63/h5-38H,1-4H3. The Labute approximate surface area is 374 Å². The molecule has 0 atom stereocenters. The summed E-state index contributed by atoms with van der Waals surface area (Å²) in [6, 6.07) is 76.4. The van der Waals surface area contributed by atoms with Crippen molar-refractivity contribution in [1.82, 2.24) is 0 Å². The predicted molar refractivity (Wildman–Crippen MR) is 265 cm³/mol. The van der Waals surface area contributed by atoms with Gasteiger partial charge in [0.15, 0.2) is 11.2 Å². The quantitative estimate of drug-likeness (QED) is 0.176. The van der Waals surface area contributed by atoms with Gasteiger partial charge in [0.25, 0.3) is 0 Å². The summed E-state index contributed by atoms with van der Waals surface area (Å²) in [6.07, 6.45) is 0. The Kier molecular flexibility index (Phi) is 7.63. The summed E-state index contributed by atoms with van der Waals surface area (Å²) in [5, 5.41) is 2.26. The Morgan fingerprint density at radius 2 is 0.672 bits per heavy atom. The number of furan rings is 1. The molecule has 0 saturated carbocycles. The molecule has 2 aliphatic heterocycles. The minimum absolute atomic E-state index is 0.202. The van der Waals surface area contributed by atoms with Gasteiger partial charge in [-0.2, -0.15) is 0 Å². The second-order valence-corrected chi connectivity index (χ2v) is 18.8. The molecule has 0 N–H and O–H groups in total. The topological polar surface area (TPSA) is 19.6 Å². The molecule has 9 aromatic carbocycles. The van der Waals surface area contributed by atoms with E-state index in [0.29, 0.717) is 0 Å². The maximum Gasteiger partial charge on any atom is 0.160 e. The third-order valence-corrected chi connectivity index (χ3v) is 14.9. The van der Waals surface area contributed by atoms with Crippen LogP contribution in [0.5, 0.6) is 0 Å². The van der Waals surface area contributed by atoms with Gasteiger partial charge in [-0.3, -0.25) is 0 Å². The fourth-order valence-corrected chi connectivity index (χ4v) is 12.0. The van der Waals surface area contributed by atoms with Crippen molar-refractivity contribution in [2.24, 2.45) is 0 Å². The zero-order valence-corrected chi connectivity index (χ0v) is 36.4. The van der Waals surface area contributed by atoms with E-state index in [1.54, 1.807) is 0 Å². The number of hydrogen-bond donors (Lipinski definition) is 0. The normalized spacial score (nSPS) is 15.8. The van der Waals surface area contributed by atoms with E-state index in [9.17, 15) is 0 Å². The van der Waals surface area contributed by atoms with Crippen LogP contribution in [0, 0.1) is 0 Å². The Balaban J connectivity index is 1.23. The summed E-state index contributed by atoms with van der Waals surface area (Å²) in [7, 11) is 0. The van der Waals surface area contributed by atoms with Gasteiger partial charge < -0.3 is 14.2 Å². The highest BCUT2D eigenvalue weighted by molar-refractivity contribution is 6.22. The second kappa shape index (κ2) is 13.2. The maximum absolute atomic E-state index is 7.84. The molecule has 0 bridgehead atoms. The van der Waals surface area contributed by atoms with Crippen LogP contribution < -0.4 is 9.80 Å². The average Bonchev–Trinajstić information content (AvgIpc) is 3.70. The van der Waals surface area contributed by atoms with E-state index in [2.05, 4.69) is 244 Å².